The van der Waals surface area contributed by atoms with E-state index in [0.29, 0.717) is 23.0 Å². The van der Waals surface area contributed by atoms with E-state index in [1.165, 1.54) is 11.8 Å². The van der Waals surface area contributed by atoms with Crippen LogP contribution in [0, 0.1) is 0 Å². The number of thioether (sulfide) groups is 1. The summed E-state index contributed by atoms with van der Waals surface area (Å²) in [6, 6.07) is 7.57. The summed E-state index contributed by atoms with van der Waals surface area (Å²) >= 11 is 4.88. The molecule has 0 fully saturated rings. The minimum atomic E-state index is -0.438. The molecule has 0 atom stereocenters. The number of benzene rings is 1. The molecule has 0 bridgehead atoms. The number of ether oxygens (including phenoxy) is 1. The number of nitrogens with two attached hydrogens (primary N) is 1. The van der Waals surface area contributed by atoms with Crippen molar-refractivity contribution in [3.8, 4) is 5.69 Å². The molecule has 0 saturated heterocycles. The summed E-state index contributed by atoms with van der Waals surface area (Å²) in [5.74, 6) is 0.649. The Balaban J connectivity index is 2.53. The van der Waals surface area contributed by atoms with E-state index in [-0.39, 0.29) is 0 Å². The van der Waals surface area contributed by atoms with Gasteiger partial charge >= 0.3 is 5.97 Å². The van der Waals surface area contributed by atoms with Crippen LogP contribution in [0.2, 0.25) is 0 Å². The number of rotatable bonds is 5. The molecule has 21 heavy (non-hydrogen) atoms. The van der Waals surface area contributed by atoms with Crippen molar-refractivity contribution < 1.29 is 9.53 Å². The topological polar surface area (TPSA) is 70.1 Å². The number of esters is 1. The fraction of sp³-hybridized carbons (Fsp3) is 0.286. The second kappa shape index (κ2) is 7.00. The number of hydrogen-bond acceptors (Lipinski definition) is 5. The van der Waals surface area contributed by atoms with Gasteiger partial charge in [-0.15, -0.1) is 11.8 Å². The standard InChI is InChI=1S/C14H16BrN3O2S/c1-3-20-14(19)11-12(16)18(17-13(11)21-4-2)10-7-5-6-9(15)8-10/h5-8H,3-4,16H2,1-2H3. The molecule has 1 heterocycles. The largest absolute Gasteiger partial charge is 0.462 e. The number of carbonyl (C=O) groups is 1. The average Bonchev–Trinajstić information content (AvgIpc) is 2.76. The smallest absolute Gasteiger partial charge is 0.344 e. The van der Waals surface area contributed by atoms with Gasteiger partial charge in [0.2, 0.25) is 0 Å². The highest BCUT2D eigenvalue weighted by Gasteiger charge is 2.24. The van der Waals surface area contributed by atoms with Crippen LogP contribution >= 0.6 is 27.7 Å². The molecule has 0 radical (unpaired) electrons. The van der Waals surface area contributed by atoms with Gasteiger partial charge in [0.15, 0.2) is 0 Å². The van der Waals surface area contributed by atoms with Crippen molar-refractivity contribution in [3.05, 3.63) is 34.3 Å². The SMILES string of the molecule is CCOC(=O)c1c(SCC)nn(-c2cccc(Br)c2)c1N. The molecule has 2 N–H and O–H groups in total. The molecule has 0 aliphatic heterocycles. The molecule has 7 heteroatoms. The molecule has 0 saturated carbocycles. The van der Waals surface area contributed by atoms with E-state index in [2.05, 4.69) is 21.0 Å². The molecule has 1 aromatic heterocycles. The third-order valence-electron chi connectivity index (χ3n) is 2.70. The highest BCUT2D eigenvalue weighted by atomic mass is 79.9. The Kier molecular flexibility index (Phi) is 5.30. The molecule has 1 aromatic carbocycles. The van der Waals surface area contributed by atoms with Crippen LogP contribution in [0.3, 0.4) is 0 Å². The molecular weight excluding hydrogens is 354 g/mol. The maximum absolute atomic E-state index is 12.1. The zero-order valence-electron chi connectivity index (χ0n) is 11.8. The summed E-state index contributed by atoms with van der Waals surface area (Å²) in [5, 5.41) is 5.04. The van der Waals surface area contributed by atoms with Crippen molar-refractivity contribution in [1.29, 1.82) is 0 Å². The van der Waals surface area contributed by atoms with E-state index in [4.69, 9.17) is 10.5 Å². The van der Waals surface area contributed by atoms with Crippen molar-refractivity contribution in [2.45, 2.75) is 18.9 Å². The lowest BCUT2D eigenvalue weighted by molar-refractivity contribution is 0.0523. The molecule has 2 aromatic rings. The molecule has 0 amide bonds. The van der Waals surface area contributed by atoms with Crippen molar-refractivity contribution in [2.75, 3.05) is 18.1 Å². The maximum Gasteiger partial charge on any atom is 0.344 e. The molecule has 0 unspecified atom stereocenters. The normalized spacial score (nSPS) is 10.6. The average molecular weight is 370 g/mol. The first-order valence-corrected chi connectivity index (χ1v) is 8.30. The number of anilines is 1. The summed E-state index contributed by atoms with van der Waals surface area (Å²) in [6.07, 6.45) is 0. The van der Waals surface area contributed by atoms with Gasteiger partial charge in [-0.05, 0) is 30.9 Å². The Hall–Kier alpha value is -1.47. The van der Waals surface area contributed by atoms with Crippen LogP contribution in [0.25, 0.3) is 5.69 Å². The van der Waals surface area contributed by atoms with Gasteiger partial charge in [0.25, 0.3) is 0 Å². The Labute approximate surface area is 136 Å². The van der Waals surface area contributed by atoms with Crippen LogP contribution in [0.1, 0.15) is 24.2 Å². The van der Waals surface area contributed by atoms with Crippen molar-refractivity contribution in [2.24, 2.45) is 0 Å². The minimum Gasteiger partial charge on any atom is -0.462 e. The fourth-order valence-electron chi connectivity index (χ4n) is 1.85. The van der Waals surface area contributed by atoms with E-state index in [1.54, 1.807) is 11.6 Å². The van der Waals surface area contributed by atoms with E-state index < -0.39 is 5.97 Å². The van der Waals surface area contributed by atoms with Gasteiger partial charge in [0.1, 0.15) is 16.4 Å². The number of nitrogen functional groups attached to an aromatic ring is 1. The second-order valence-corrected chi connectivity index (χ2v) is 6.28. The first-order valence-electron chi connectivity index (χ1n) is 6.52. The molecule has 0 spiro atoms. The molecule has 0 aliphatic carbocycles. The Morgan fingerprint density at radius 1 is 1.48 bits per heavy atom. The van der Waals surface area contributed by atoms with Gasteiger partial charge in [-0.1, -0.05) is 28.9 Å². The van der Waals surface area contributed by atoms with E-state index >= 15 is 0 Å². The second-order valence-electron chi connectivity index (χ2n) is 4.11. The monoisotopic (exact) mass is 369 g/mol. The molecule has 2 rings (SSSR count). The summed E-state index contributed by atoms with van der Waals surface area (Å²) < 4.78 is 7.55. The third kappa shape index (κ3) is 3.41. The highest BCUT2D eigenvalue weighted by Crippen LogP contribution is 2.29. The molecule has 0 aliphatic rings. The maximum atomic E-state index is 12.1. The van der Waals surface area contributed by atoms with Crippen molar-refractivity contribution in [1.82, 2.24) is 9.78 Å². The summed E-state index contributed by atoms with van der Waals surface area (Å²) in [7, 11) is 0. The lowest BCUT2D eigenvalue weighted by atomic mass is 10.3. The Bertz CT molecular complexity index is 658. The molecule has 5 nitrogen and oxygen atoms in total. The van der Waals surface area contributed by atoms with Crippen molar-refractivity contribution >= 4 is 39.5 Å². The predicted molar refractivity (Wildman–Crippen MR) is 88.0 cm³/mol. The van der Waals surface area contributed by atoms with Crippen LogP contribution in [0.5, 0.6) is 0 Å². The summed E-state index contributed by atoms with van der Waals surface area (Å²) in [5.41, 5.74) is 7.24. The van der Waals surface area contributed by atoms with Crippen LogP contribution in [-0.4, -0.2) is 28.1 Å². The predicted octanol–water partition coefficient (Wildman–Crippen LogP) is 3.51. The van der Waals surface area contributed by atoms with E-state index in [0.717, 1.165) is 15.9 Å². The zero-order chi connectivity index (χ0) is 15.4. The van der Waals surface area contributed by atoms with Crippen LogP contribution in [-0.2, 0) is 4.74 Å². The summed E-state index contributed by atoms with van der Waals surface area (Å²) in [4.78, 5) is 12.1. The van der Waals surface area contributed by atoms with Gasteiger partial charge in [-0.25, -0.2) is 9.48 Å². The molecular formula is C14H16BrN3O2S. The number of hydrogen-bond donors (Lipinski definition) is 1. The Morgan fingerprint density at radius 3 is 2.86 bits per heavy atom. The lowest BCUT2D eigenvalue weighted by Crippen LogP contribution is -2.09. The molecule has 112 valence electrons. The van der Waals surface area contributed by atoms with Crippen molar-refractivity contribution in [3.63, 3.8) is 0 Å². The van der Waals surface area contributed by atoms with Crippen LogP contribution in [0.15, 0.2) is 33.8 Å². The van der Waals surface area contributed by atoms with E-state index in [1.807, 2.05) is 31.2 Å². The zero-order valence-corrected chi connectivity index (χ0v) is 14.2. The van der Waals surface area contributed by atoms with Gasteiger partial charge < -0.3 is 10.5 Å². The van der Waals surface area contributed by atoms with Gasteiger partial charge in [-0.2, -0.15) is 5.10 Å². The van der Waals surface area contributed by atoms with Gasteiger partial charge in [0.05, 0.1) is 12.3 Å². The Morgan fingerprint density at radius 2 is 2.24 bits per heavy atom. The van der Waals surface area contributed by atoms with Gasteiger partial charge in [0, 0.05) is 4.47 Å². The first kappa shape index (κ1) is 15.9. The number of aromatic nitrogens is 2. The third-order valence-corrected chi connectivity index (χ3v) is 4.04. The van der Waals surface area contributed by atoms with Crippen LogP contribution < -0.4 is 5.73 Å². The quantitative estimate of drug-likeness (QED) is 0.644. The van der Waals surface area contributed by atoms with E-state index in [9.17, 15) is 4.79 Å². The first-order chi connectivity index (χ1) is 10.1. The van der Waals surface area contributed by atoms with Gasteiger partial charge in [-0.3, -0.25) is 0 Å². The number of halogens is 1. The fourth-order valence-corrected chi connectivity index (χ4v) is 2.98. The minimum absolute atomic E-state index is 0.294. The number of nitrogens with zero attached hydrogens (tertiary/aromatic N) is 2. The summed E-state index contributed by atoms with van der Waals surface area (Å²) in [6.45, 7) is 4.06. The highest BCUT2D eigenvalue weighted by molar-refractivity contribution is 9.10. The van der Waals surface area contributed by atoms with Crippen LogP contribution in [0.4, 0.5) is 5.82 Å². The number of carbonyl (C=O) groups excluding carboxylic acids is 1. The lowest BCUT2D eigenvalue weighted by Gasteiger charge is -2.05.